The first kappa shape index (κ1) is 11.4. The minimum absolute atomic E-state index is 0.0898. The molecule has 2 aliphatic carbocycles. The van der Waals surface area contributed by atoms with Gasteiger partial charge in [-0.1, -0.05) is 27.7 Å². The first-order valence-corrected chi connectivity index (χ1v) is 5.71. The third-order valence-corrected chi connectivity index (χ3v) is 4.21. The second kappa shape index (κ2) is 2.99. The van der Waals surface area contributed by atoms with E-state index in [2.05, 4.69) is 19.2 Å². The molecule has 2 rings (SSSR count). The van der Waals surface area contributed by atoms with Crippen LogP contribution >= 0.6 is 0 Å². The summed E-state index contributed by atoms with van der Waals surface area (Å²) in [6.45, 7) is 7.89. The van der Waals surface area contributed by atoms with E-state index in [-0.39, 0.29) is 23.3 Å². The van der Waals surface area contributed by atoms with E-state index in [1.807, 2.05) is 13.8 Å². The number of carboxylic acid groups (broad SMARTS) is 1. The van der Waals surface area contributed by atoms with E-state index in [0.29, 0.717) is 0 Å². The Morgan fingerprint density at radius 3 is 2.00 bits per heavy atom. The van der Waals surface area contributed by atoms with Gasteiger partial charge in [0.1, 0.15) is 0 Å². The number of nitrogens with one attached hydrogen (secondary N) is 1. The monoisotopic (exact) mass is 225 g/mol. The zero-order chi connectivity index (χ0) is 12.3. The van der Waals surface area contributed by atoms with E-state index < -0.39 is 17.3 Å². The van der Waals surface area contributed by atoms with Crippen LogP contribution in [0.2, 0.25) is 0 Å². The third-order valence-electron chi connectivity index (χ3n) is 4.21. The fourth-order valence-corrected chi connectivity index (χ4v) is 2.56. The SMILES string of the molecule is CC1(C)CC1NC(=O)[C@H]1[C@@H](C(=O)O)C1(C)C. The Labute approximate surface area is 95.4 Å². The van der Waals surface area contributed by atoms with Crippen LogP contribution in [-0.2, 0) is 9.59 Å². The van der Waals surface area contributed by atoms with Gasteiger partial charge in [0.25, 0.3) is 0 Å². The molecule has 0 spiro atoms. The highest BCUT2D eigenvalue weighted by Crippen LogP contribution is 2.58. The Hall–Kier alpha value is -1.06. The second-order valence-corrected chi connectivity index (χ2v) is 6.37. The molecule has 4 nitrogen and oxygen atoms in total. The number of hydrogen-bond acceptors (Lipinski definition) is 2. The Kier molecular flexibility index (Phi) is 2.14. The van der Waals surface area contributed by atoms with Gasteiger partial charge >= 0.3 is 5.97 Å². The number of aliphatic carboxylic acids is 1. The highest BCUT2D eigenvalue weighted by atomic mass is 16.4. The minimum Gasteiger partial charge on any atom is -0.481 e. The molecule has 0 saturated heterocycles. The smallest absolute Gasteiger partial charge is 0.307 e. The summed E-state index contributed by atoms with van der Waals surface area (Å²) in [5.41, 5.74) is -0.206. The summed E-state index contributed by atoms with van der Waals surface area (Å²) in [6, 6.07) is 0.228. The summed E-state index contributed by atoms with van der Waals surface area (Å²) in [4.78, 5) is 22.8. The highest BCUT2D eigenvalue weighted by molar-refractivity contribution is 5.92. The topological polar surface area (TPSA) is 66.4 Å². The number of carbonyl (C=O) groups excluding carboxylic acids is 1. The molecular formula is C12H19NO3. The lowest BCUT2D eigenvalue weighted by atomic mass is 10.1. The standard InChI is InChI=1S/C12H19NO3/c1-11(2)5-6(11)13-9(14)7-8(10(15)16)12(7,3)4/h6-8H,5H2,1-4H3,(H,13,14)(H,15,16)/t6?,7-,8+/m1/s1. The van der Waals surface area contributed by atoms with Gasteiger partial charge in [-0.05, 0) is 17.3 Å². The predicted molar refractivity (Wildman–Crippen MR) is 58.7 cm³/mol. The number of carboxylic acids is 1. The van der Waals surface area contributed by atoms with Gasteiger partial charge in [0.15, 0.2) is 0 Å². The Morgan fingerprint density at radius 2 is 1.69 bits per heavy atom. The third kappa shape index (κ3) is 1.60. The van der Waals surface area contributed by atoms with Crippen molar-refractivity contribution < 1.29 is 14.7 Å². The van der Waals surface area contributed by atoms with Crippen molar-refractivity contribution in [1.82, 2.24) is 5.32 Å². The number of amides is 1. The van der Waals surface area contributed by atoms with Crippen LogP contribution < -0.4 is 5.32 Å². The van der Waals surface area contributed by atoms with Crippen molar-refractivity contribution in [3.63, 3.8) is 0 Å². The Morgan fingerprint density at radius 1 is 1.19 bits per heavy atom. The van der Waals surface area contributed by atoms with Crippen LogP contribution in [0.4, 0.5) is 0 Å². The first-order chi connectivity index (χ1) is 7.18. The molecule has 1 unspecified atom stereocenters. The summed E-state index contributed by atoms with van der Waals surface area (Å²) in [7, 11) is 0. The van der Waals surface area contributed by atoms with Gasteiger partial charge < -0.3 is 10.4 Å². The molecule has 2 fully saturated rings. The van der Waals surface area contributed by atoms with Crippen molar-refractivity contribution in [3.05, 3.63) is 0 Å². The van der Waals surface area contributed by atoms with Crippen molar-refractivity contribution in [3.8, 4) is 0 Å². The Bertz CT molecular complexity index is 359. The maximum atomic E-state index is 11.9. The lowest BCUT2D eigenvalue weighted by molar-refractivity contribution is -0.140. The van der Waals surface area contributed by atoms with Crippen LogP contribution in [0.15, 0.2) is 0 Å². The average Bonchev–Trinajstić information content (AvgIpc) is 2.86. The minimum atomic E-state index is -0.861. The van der Waals surface area contributed by atoms with Crippen LogP contribution in [0, 0.1) is 22.7 Å². The number of hydrogen-bond donors (Lipinski definition) is 2. The van der Waals surface area contributed by atoms with Gasteiger partial charge in [-0.2, -0.15) is 0 Å². The fraction of sp³-hybridized carbons (Fsp3) is 0.833. The first-order valence-electron chi connectivity index (χ1n) is 5.71. The molecule has 4 heteroatoms. The fourth-order valence-electron chi connectivity index (χ4n) is 2.56. The predicted octanol–water partition coefficient (Wildman–Crippen LogP) is 1.26. The van der Waals surface area contributed by atoms with Crippen molar-refractivity contribution in [2.45, 2.75) is 40.2 Å². The van der Waals surface area contributed by atoms with Crippen LogP contribution in [0.5, 0.6) is 0 Å². The molecule has 0 aromatic rings. The molecule has 16 heavy (non-hydrogen) atoms. The molecular weight excluding hydrogens is 206 g/mol. The quantitative estimate of drug-likeness (QED) is 0.759. The summed E-state index contributed by atoms with van der Waals surface area (Å²) in [6.07, 6.45) is 0.990. The largest absolute Gasteiger partial charge is 0.481 e. The zero-order valence-corrected chi connectivity index (χ0v) is 10.2. The van der Waals surface area contributed by atoms with Gasteiger partial charge in [-0.25, -0.2) is 0 Å². The van der Waals surface area contributed by atoms with Crippen LogP contribution in [0.1, 0.15) is 34.1 Å². The van der Waals surface area contributed by atoms with E-state index in [4.69, 9.17) is 5.11 Å². The van der Waals surface area contributed by atoms with Gasteiger partial charge in [-0.3, -0.25) is 9.59 Å². The normalized spacial score (nSPS) is 37.6. The second-order valence-electron chi connectivity index (χ2n) is 6.37. The summed E-state index contributed by atoms with van der Waals surface area (Å²) in [5, 5.41) is 11.9. The lowest BCUT2D eigenvalue weighted by Gasteiger charge is -2.07. The molecule has 0 aromatic carbocycles. The van der Waals surface area contributed by atoms with Crippen molar-refractivity contribution in [1.29, 1.82) is 0 Å². The van der Waals surface area contributed by atoms with Gasteiger partial charge in [-0.15, -0.1) is 0 Å². The number of rotatable bonds is 3. The summed E-state index contributed by atoms with van der Waals surface area (Å²) >= 11 is 0. The summed E-state index contributed by atoms with van der Waals surface area (Å²) < 4.78 is 0. The molecule has 2 aliphatic rings. The van der Waals surface area contributed by atoms with Crippen LogP contribution in [0.3, 0.4) is 0 Å². The van der Waals surface area contributed by atoms with E-state index in [9.17, 15) is 9.59 Å². The zero-order valence-electron chi connectivity index (χ0n) is 10.2. The molecule has 3 atom stereocenters. The van der Waals surface area contributed by atoms with Crippen molar-refractivity contribution in [2.24, 2.45) is 22.7 Å². The Balaban J connectivity index is 1.95. The molecule has 0 aliphatic heterocycles. The van der Waals surface area contributed by atoms with E-state index >= 15 is 0 Å². The highest BCUT2D eigenvalue weighted by Gasteiger charge is 2.66. The molecule has 0 bridgehead atoms. The molecule has 90 valence electrons. The molecule has 1 amide bonds. The summed E-state index contributed by atoms with van der Waals surface area (Å²) in [5.74, 6) is -1.83. The molecule has 0 heterocycles. The maximum Gasteiger partial charge on any atom is 0.307 e. The molecule has 2 N–H and O–H groups in total. The van der Waals surface area contributed by atoms with Crippen molar-refractivity contribution >= 4 is 11.9 Å². The maximum absolute atomic E-state index is 11.9. The average molecular weight is 225 g/mol. The van der Waals surface area contributed by atoms with E-state index in [0.717, 1.165) is 6.42 Å². The van der Waals surface area contributed by atoms with Crippen LogP contribution in [-0.4, -0.2) is 23.0 Å². The van der Waals surface area contributed by atoms with Gasteiger partial charge in [0.2, 0.25) is 5.91 Å². The lowest BCUT2D eigenvalue weighted by Crippen LogP contribution is -2.31. The molecule has 0 radical (unpaired) electrons. The van der Waals surface area contributed by atoms with Crippen LogP contribution in [0.25, 0.3) is 0 Å². The number of carbonyl (C=O) groups is 2. The van der Waals surface area contributed by atoms with E-state index in [1.165, 1.54) is 0 Å². The van der Waals surface area contributed by atoms with E-state index in [1.54, 1.807) is 0 Å². The van der Waals surface area contributed by atoms with Gasteiger partial charge in [0.05, 0.1) is 11.8 Å². The molecule has 2 saturated carbocycles. The van der Waals surface area contributed by atoms with Gasteiger partial charge in [0, 0.05) is 6.04 Å². The molecule has 0 aromatic heterocycles. The van der Waals surface area contributed by atoms with Crippen molar-refractivity contribution in [2.75, 3.05) is 0 Å².